The van der Waals surface area contributed by atoms with E-state index in [1.807, 2.05) is 0 Å². The van der Waals surface area contributed by atoms with Gasteiger partial charge in [-0.2, -0.15) is 0 Å². The van der Waals surface area contributed by atoms with Crippen LogP contribution in [0.5, 0.6) is 0 Å². The smallest absolute Gasteiger partial charge is 0.335 e. The fraction of sp³-hybridized carbons (Fsp3) is 0.857. The summed E-state index contributed by atoms with van der Waals surface area (Å²) in [7, 11) is 1.38. The average molecular weight is 178 g/mol. The van der Waals surface area contributed by atoms with Crippen LogP contribution in [-0.2, 0) is 14.3 Å². The lowest BCUT2D eigenvalue weighted by atomic mass is 10.2. The maximum atomic E-state index is 10.5. The van der Waals surface area contributed by atoms with Crippen molar-refractivity contribution in [2.24, 2.45) is 0 Å². The minimum absolute atomic E-state index is 0.586. The van der Waals surface area contributed by atoms with Crippen molar-refractivity contribution in [2.75, 3.05) is 7.11 Å². The Labute approximate surface area is 70.9 Å². The quantitative estimate of drug-likeness (QED) is 0.571. The molecule has 0 rings (SSSR count). The van der Waals surface area contributed by atoms with Crippen LogP contribution in [0.1, 0.15) is 13.8 Å². The second-order valence-corrected chi connectivity index (χ2v) is 2.44. The number of hydrogen-bond donors (Lipinski definition) is 2. The molecule has 5 nitrogen and oxygen atoms in total. The largest absolute Gasteiger partial charge is 0.479 e. The summed E-state index contributed by atoms with van der Waals surface area (Å²) in [6.07, 6.45) is -2.82. The molecule has 0 aromatic carbocycles. The lowest BCUT2D eigenvalue weighted by molar-refractivity contribution is -0.187. The second-order valence-electron chi connectivity index (χ2n) is 2.44. The van der Waals surface area contributed by atoms with E-state index in [1.54, 1.807) is 6.92 Å². The highest BCUT2D eigenvalue weighted by Gasteiger charge is 2.26. The molecule has 0 saturated carbocycles. The summed E-state index contributed by atoms with van der Waals surface area (Å²) in [5.41, 5.74) is 0. The van der Waals surface area contributed by atoms with Gasteiger partial charge in [0, 0.05) is 7.11 Å². The molecule has 3 atom stereocenters. The number of hydrogen-bond acceptors (Lipinski definition) is 4. The number of ether oxygens (including phenoxy) is 2. The first kappa shape index (κ1) is 11.4. The van der Waals surface area contributed by atoms with Gasteiger partial charge in [0.25, 0.3) is 0 Å². The monoisotopic (exact) mass is 178 g/mol. The third-order valence-electron chi connectivity index (χ3n) is 1.39. The number of aliphatic hydroxyl groups is 1. The first-order chi connectivity index (χ1) is 5.49. The average Bonchev–Trinajstić information content (AvgIpc) is 1.98. The minimum Gasteiger partial charge on any atom is -0.479 e. The van der Waals surface area contributed by atoms with Gasteiger partial charge in [-0.1, -0.05) is 0 Å². The van der Waals surface area contributed by atoms with Crippen molar-refractivity contribution in [3.63, 3.8) is 0 Å². The maximum Gasteiger partial charge on any atom is 0.335 e. The Hall–Kier alpha value is -0.650. The Bertz CT molecular complexity index is 145. The topological polar surface area (TPSA) is 76.0 Å². The lowest BCUT2D eigenvalue weighted by Crippen LogP contribution is -2.38. The first-order valence-corrected chi connectivity index (χ1v) is 3.58. The standard InChI is InChI=1S/C7H14O5/c1-4(11-3)6(7(9)10)12-5(2)8/h4-6,8H,1-3H3,(H,9,10). The van der Waals surface area contributed by atoms with Crippen molar-refractivity contribution in [1.29, 1.82) is 0 Å². The van der Waals surface area contributed by atoms with E-state index in [0.717, 1.165) is 0 Å². The number of aliphatic carboxylic acids is 1. The zero-order valence-electron chi connectivity index (χ0n) is 7.35. The Kier molecular flexibility index (Phi) is 4.80. The number of methoxy groups -OCH3 is 1. The summed E-state index contributed by atoms with van der Waals surface area (Å²) in [5.74, 6) is -1.15. The van der Waals surface area contributed by atoms with Gasteiger partial charge in [0.2, 0.25) is 0 Å². The van der Waals surface area contributed by atoms with Gasteiger partial charge < -0.3 is 19.7 Å². The highest BCUT2D eigenvalue weighted by molar-refractivity contribution is 5.73. The van der Waals surface area contributed by atoms with Gasteiger partial charge in [-0.15, -0.1) is 0 Å². The van der Waals surface area contributed by atoms with Crippen LogP contribution in [0.25, 0.3) is 0 Å². The van der Waals surface area contributed by atoms with E-state index in [9.17, 15) is 4.79 Å². The summed E-state index contributed by atoms with van der Waals surface area (Å²) in [6.45, 7) is 2.90. The van der Waals surface area contributed by atoms with Gasteiger partial charge in [-0.25, -0.2) is 4.79 Å². The van der Waals surface area contributed by atoms with Crippen LogP contribution < -0.4 is 0 Å². The van der Waals surface area contributed by atoms with Crippen molar-refractivity contribution >= 4 is 5.97 Å². The number of carbonyl (C=O) groups is 1. The van der Waals surface area contributed by atoms with Gasteiger partial charge in [-0.3, -0.25) is 0 Å². The molecule has 0 heterocycles. The third kappa shape index (κ3) is 3.66. The second kappa shape index (κ2) is 5.08. The van der Waals surface area contributed by atoms with Gasteiger partial charge in [0.1, 0.15) is 0 Å². The van der Waals surface area contributed by atoms with Crippen LogP contribution in [0.2, 0.25) is 0 Å². The van der Waals surface area contributed by atoms with Gasteiger partial charge in [0.15, 0.2) is 12.4 Å². The molecule has 0 fully saturated rings. The predicted octanol–water partition coefficient (Wildman–Crippen LogP) is -0.171. The molecule has 0 aromatic rings. The third-order valence-corrected chi connectivity index (χ3v) is 1.39. The lowest BCUT2D eigenvalue weighted by Gasteiger charge is -2.20. The number of carboxylic acids is 1. The molecule has 0 aliphatic carbocycles. The van der Waals surface area contributed by atoms with Crippen LogP contribution in [0.3, 0.4) is 0 Å². The van der Waals surface area contributed by atoms with E-state index >= 15 is 0 Å². The highest BCUT2D eigenvalue weighted by atomic mass is 16.6. The molecule has 0 bridgehead atoms. The van der Waals surface area contributed by atoms with Crippen molar-refractivity contribution in [3.8, 4) is 0 Å². The van der Waals surface area contributed by atoms with Crippen LogP contribution in [0, 0.1) is 0 Å². The molecular weight excluding hydrogens is 164 g/mol. The van der Waals surface area contributed by atoms with Gasteiger partial charge in [0.05, 0.1) is 6.10 Å². The summed E-state index contributed by atoms with van der Waals surface area (Å²) in [5, 5.41) is 17.4. The molecule has 72 valence electrons. The molecule has 5 heteroatoms. The van der Waals surface area contributed by atoms with E-state index in [0.29, 0.717) is 0 Å². The zero-order chi connectivity index (χ0) is 9.72. The minimum atomic E-state index is -1.15. The Morgan fingerprint density at radius 2 is 1.92 bits per heavy atom. The van der Waals surface area contributed by atoms with Crippen LogP contribution in [0.15, 0.2) is 0 Å². The molecule has 0 amide bonds. The van der Waals surface area contributed by atoms with E-state index in [-0.39, 0.29) is 0 Å². The van der Waals surface area contributed by atoms with E-state index < -0.39 is 24.5 Å². The molecule has 0 spiro atoms. The van der Waals surface area contributed by atoms with Crippen LogP contribution >= 0.6 is 0 Å². The molecule has 0 aliphatic heterocycles. The van der Waals surface area contributed by atoms with Gasteiger partial charge >= 0.3 is 5.97 Å². The summed E-state index contributed by atoms with van der Waals surface area (Å²) in [4.78, 5) is 10.5. The number of aliphatic hydroxyl groups excluding tert-OH is 1. The SMILES string of the molecule is COC(C)C(OC(C)O)C(=O)O. The number of rotatable bonds is 5. The highest BCUT2D eigenvalue weighted by Crippen LogP contribution is 2.05. The molecule has 0 saturated heterocycles. The fourth-order valence-electron chi connectivity index (χ4n) is 0.705. The maximum absolute atomic E-state index is 10.5. The van der Waals surface area contributed by atoms with E-state index in [2.05, 4.69) is 0 Å². The molecule has 0 aromatic heterocycles. The summed E-state index contributed by atoms with van der Waals surface area (Å²) < 4.78 is 9.45. The van der Waals surface area contributed by atoms with Crippen molar-refractivity contribution in [1.82, 2.24) is 0 Å². The van der Waals surface area contributed by atoms with Crippen LogP contribution in [0.4, 0.5) is 0 Å². The Morgan fingerprint density at radius 1 is 1.42 bits per heavy atom. The summed E-state index contributed by atoms with van der Waals surface area (Å²) >= 11 is 0. The molecule has 3 unspecified atom stereocenters. The molecule has 12 heavy (non-hydrogen) atoms. The van der Waals surface area contributed by atoms with Crippen molar-refractivity contribution < 1.29 is 24.5 Å². The van der Waals surface area contributed by atoms with Gasteiger partial charge in [-0.05, 0) is 13.8 Å². The van der Waals surface area contributed by atoms with E-state index in [4.69, 9.17) is 19.7 Å². The first-order valence-electron chi connectivity index (χ1n) is 3.58. The zero-order valence-corrected chi connectivity index (χ0v) is 7.35. The fourth-order valence-corrected chi connectivity index (χ4v) is 0.705. The van der Waals surface area contributed by atoms with E-state index in [1.165, 1.54) is 14.0 Å². The Morgan fingerprint density at radius 3 is 2.17 bits per heavy atom. The van der Waals surface area contributed by atoms with Crippen molar-refractivity contribution in [2.45, 2.75) is 32.3 Å². The Balaban J connectivity index is 4.13. The number of carboxylic acid groups (broad SMARTS) is 1. The predicted molar refractivity (Wildman–Crippen MR) is 40.7 cm³/mol. The molecule has 2 N–H and O–H groups in total. The summed E-state index contributed by atoms with van der Waals surface area (Å²) in [6, 6.07) is 0. The van der Waals surface area contributed by atoms with Crippen molar-refractivity contribution in [3.05, 3.63) is 0 Å². The molecule has 0 aliphatic rings. The normalized spacial score (nSPS) is 18.3. The molecule has 0 radical (unpaired) electrons. The van der Waals surface area contributed by atoms with Crippen LogP contribution in [-0.4, -0.2) is 41.8 Å². The molecular formula is C7H14O5.